The monoisotopic (exact) mass is 257 g/mol. The molecule has 0 saturated carbocycles. The van der Waals surface area contributed by atoms with Crippen LogP contribution in [0.3, 0.4) is 0 Å². The van der Waals surface area contributed by atoms with Gasteiger partial charge in [-0.2, -0.15) is 0 Å². The van der Waals surface area contributed by atoms with Crippen LogP contribution in [-0.4, -0.2) is 32.2 Å². The summed E-state index contributed by atoms with van der Waals surface area (Å²) >= 11 is 4.89. The quantitative estimate of drug-likeness (QED) is 0.741. The third-order valence-corrected chi connectivity index (χ3v) is 3.51. The Morgan fingerprint density at radius 3 is 3.06 bits per heavy atom. The summed E-state index contributed by atoms with van der Waals surface area (Å²) in [6, 6.07) is 3.66. The highest BCUT2D eigenvalue weighted by Gasteiger charge is 2.05. The van der Waals surface area contributed by atoms with Gasteiger partial charge in [0.05, 0.1) is 5.69 Å². The molecule has 0 amide bonds. The average Bonchev–Trinajstić information content (AvgIpc) is 2.29. The maximum Gasteiger partial charge on any atom is 0.124 e. The molecule has 1 unspecified atom stereocenters. The van der Waals surface area contributed by atoms with Gasteiger partial charge in [0.2, 0.25) is 0 Å². The van der Waals surface area contributed by atoms with Crippen LogP contribution in [0.15, 0.2) is 18.3 Å². The van der Waals surface area contributed by atoms with Gasteiger partial charge >= 0.3 is 0 Å². The second kappa shape index (κ2) is 6.55. The van der Waals surface area contributed by atoms with E-state index in [0.29, 0.717) is 23.7 Å². The normalized spacial score (nSPS) is 12.1. The molecule has 1 atom stereocenters. The largest absolute Gasteiger partial charge is 0.388 e. The molecule has 0 aliphatic rings. The molecular formula is C10H15N3OS2. The minimum Gasteiger partial charge on any atom is -0.388 e. The van der Waals surface area contributed by atoms with Gasteiger partial charge in [0.15, 0.2) is 0 Å². The van der Waals surface area contributed by atoms with Crippen LogP contribution in [0.1, 0.15) is 12.6 Å². The Morgan fingerprint density at radius 1 is 1.69 bits per heavy atom. The molecule has 0 radical (unpaired) electrons. The fraction of sp³-hybridized carbons (Fsp3) is 0.400. The highest BCUT2D eigenvalue weighted by Crippen LogP contribution is 2.11. The number of nitrogens with one attached hydrogen (secondary N) is 1. The number of nitrogens with zero attached hydrogens (tertiary/aromatic N) is 1. The Kier molecular flexibility index (Phi) is 5.34. The van der Waals surface area contributed by atoms with Crippen molar-refractivity contribution < 1.29 is 4.21 Å². The molecule has 1 aromatic heterocycles. The minimum absolute atomic E-state index is 0.264. The first kappa shape index (κ1) is 13.1. The third-order valence-electron chi connectivity index (χ3n) is 2.01. The van der Waals surface area contributed by atoms with E-state index in [1.165, 1.54) is 0 Å². The first-order chi connectivity index (χ1) is 7.65. The topological polar surface area (TPSA) is 68.0 Å². The lowest BCUT2D eigenvalue weighted by molar-refractivity contribution is 0.684. The predicted octanol–water partition coefficient (Wildman–Crippen LogP) is 0.896. The van der Waals surface area contributed by atoms with Crippen molar-refractivity contribution in [3.63, 3.8) is 0 Å². The van der Waals surface area contributed by atoms with Crippen LogP contribution in [0.2, 0.25) is 0 Å². The van der Waals surface area contributed by atoms with Crippen molar-refractivity contribution in [3.05, 3.63) is 24.0 Å². The molecule has 88 valence electrons. The summed E-state index contributed by atoms with van der Waals surface area (Å²) in [5.41, 5.74) is 6.92. The molecule has 0 aromatic carbocycles. The van der Waals surface area contributed by atoms with E-state index < -0.39 is 10.8 Å². The third kappa shape index (κ3) is 3.86. The summed E-state index contributed by atoms with van der Waals surface area (Å²) in [6.45, 7) is 2.53. The summed E-state index contributed by atoms with van der Waals surface area (Å²) in [5, 5.41) is 3.14. The van der Waals surface area contributed by atoms with Crippen molar-refractivity contribution in [1.82, 2.24) is 4.98 Å². The van der Waals surface area contributed by atoms with Crippen LogP contribution in [-0.2, 0) is 10.8 Å². The Labute approximate surface area is 103 Å². The van der Waals surface area contributed by atoms with E-state index in [9.17, 15) is 4.21 Å². The fourth-order valence-electron chi connectivity index (χ4n) is 1.19. The van der Waals surface area contributed by atoms with Crippen LogP contribution in [0.5, 0.6) is 0 Å². The molecule has 1 heterocycles. The second-order valence-electron chi connectivity index (χ2n) is 3.12. The number of aromatic nitrogens is 1. The molecule has 1 aromatic rings. The van der Waals surface area contributed by atoms with Gasteiger partial charge in [0, 0.05) is 35.0 Å². The van der Waals surface area contributed by atoms with Gasteiger partial charge in [-0.3, -0.25) is 9.19 Å². The van der Waals surface area contributed by atoms with Crippen LogP contribution < -0.4 is 11.1 Å². The van der Waals surface area contributed by atoms with E-state index in [1.54, 1.807) is 12.3 Å². The van der Waals surface area contributed by atoms with E-state index >= 15 is 0 Å². The molecule has 3 N–H and O–H groups in total. The molecule has 0 spiro atoms. The summed E-state index contributed by atoms with van der Waals surface area (Å²) in [5.74, 6) is 1.29. The average molecular weight is 257 g/mol. The number of hydrogen-bond donors (Lipinski definition) is 2. The van der Waals surface area contributed by atoms with Gasteiger partial charge in [-0.25, -0.2) is 0 Å². The van der Waals surface area contributed by atoms with Crippen molar-refractivity contribution in [3.8, 4) is 0 Å². The predicted molar refractivity (Wildman–Crippen MR) is 72.2 cm³/mol. The Morgan fingerprint density at radius 2 is 2.44 bits per heavy atom. The molecule has 16 heavy (non-hydrogen) atoms. The molecule has 0 aliphatic heterocycles. The zero-order valence-corrected chi connectivity index (χ0v) is 10.7. The van der Waals surface area contributed by atoms with Crippen LogP contribution >= 0.6 is 12.2 Å². The lowest BCUT2D eigenvalue weighted by atomic mass is 10.3. The fourth-order valence-corrected chi connectivity index (χ4v) is 1.97. The zero-order chi connectivity index (χ0) is 12.0. The van der Waals surface area contributed by atoms with Gasteiger partial charge in [0.1, 0.15) is 10.7 Å². The summed E-state index contributed by atoms with van der Waals surface area (Å²) in [4.78, 5) is 4.36. The maximum absolute atomic E-state index is 11.2. The molecule has 0 saturated heterocycles. The van der Waals surface area contributed by atoms with E-state index in [4.69, 9.17) is 18.0 Å². The van der Waals surface area contributed by atoms with Crippen LogP contribution in [0.4, 0.5) is 5.69 Å². The van der Waals surface area contributed by atoms with Crippen molar-refractivity contribution in [2.75, 3.05) is 23.4 Å². The second-order valence-corrected chi connectivity index (χ2v) is 5.43. The smallest absolute Gasteiger partial charge is 0.124 e. The molecule has 4 nitrogen and oxygen atoms in total. The zero-order valence-electron chi connectivity index (χ0n) is 9.10. The number of thiocarbonyl (C=S) groups is 1. The SMILES string of the molecule is CCS(=O)CCNc1cccnc1C(N)=S. The summed E-state index contributed by atoms with van der Waals surface area (Å²) in [7, 11) is -0.765. The number of nitrogens with two attached hydrogens (primary N) is 1. The van der Waals surface area contributed by atoms with Gasteiger partial charge < -0.3 is 11.1 Å². The maximum atomic E-state index is 11.2. The molecule has 1 rings (SSSR count). The lowest BCUT2D eigenvalue weighted by Crippen LogP contribution is -2.18. The lowest BCUT2D eigenvalue weighted by Gasteiger charge is -2.09. The van der Waals surface area contributed by atoms with Crippen LogP contribution in [0.25, 0.3) is 0 Å². The van der Waals surface area contributed by atoms with Crippen molar-refractivity contribution in [2.45, 2.75) is 6.92 Å². The number of rotatable bonds is 6. The van der Waals surface area contributed by atoms with E-state index in [0.717, 1.165) is 5.69 Å². The molecule has 0 bridgehead atoms. The molecular weight excluding hydrogens is 242 g/mol. The van der Waals surface area contributed by atoms with Gasteiger partial charge in [-0.15, -0.1) is 0 Å². The number of hydrogen-bond acceptors (Lipinski definition) is 4. The molecule has 0 aliphatic carbocycles. The number of anilines is 1. The van der Waals surface area contributed by atoms with Crippen molar-refractivity contribution in [2.24, 2.45) is 5.73 Å². The summed E-state index contributed by atoms with van der Waals surface area (Å²) in [6.07, 6.45) is 1.64. The Bertz CT molecular complexity index is 395. The highest BCUT2D eigenvalue weighted by atomic mass is 32.2. The van der Waals surface area contributed by atoms with Gasteiger partial charge in [-0.05, 0) is 12.1 Å². The van der Waals surface area contributed by atoms with E-state index in [1.807, 2.05) is 13.0 Å². The summed E-state index contributed by atoms with van der Waals surface area (Å²) < 4.78 is 11.2. The standard InChI is InChI=1S/C10H15N3OS2/c1-2-16(14)7-6-12-8-4-3-5-13-9(8)10(11)15/h3-5,12H,2,6-7H2,1H3,(H2,11,15). The highest BCUT2D eigenvalue weighted by molar-refractivity contribution is 7.84. The molecule has 6 heteroatoms. The van der Waals surface area contributed by atoms with Crippen LogP contribution in [0, 0.1) is 0 Å². The van der Waals surface area contributed by atoms with Gasteiger partial charge in [0.25, 0.3) is 0 Å². The van der Waals surface area contributed by atoms with E-state index in [2.05, 4.69) is 10.3 Å². The Hall–Kier alpha value is -1.01. The van der Waals surface area contributed by atoms with E-state index in [-0.39, 0.29) is 4.99 Å². The van der Waals surface area contributed by atoms with Crippen molar-refractivity contribution in [1.29, 1.82) is 0 Å². The first-order valence-corrected chi connectivity index (χ1v) is 6.88. The first-order valence-electron chi connectivity index (χ1n) is 4.98. The minimum atomic E-state index is -0.765. The van der Waals surface area contributed by atoms with Gasteiger partial charge in [-0.1, -0.05) is 19.1 Å². The Balaban J connectivity index is 2.60. The van der Waals surface area contributed by atoms with Crippen molar-refractivity contribution >= 4 is 33.7 Å². The number of pyridine rings is 1. The molecule has 0 fully saturated rings.